The molecule has 0 aliphatic heterocycles. The molecule has 0 spiro atoms. The first-order chi connectivity index (χ1) is 8.08. The Hall–Kier alpha value is -2.08. The molecule has 5 nitrogen and oxygen atoms in total. The number of benzene rings is 1. The number of nitrogens with zero attached hydrogens (tertiary/aromatic N) is 1. The van der Waals surface area contributed by atoms with Crippen LogP contribution < -0.4 is 4.72 Å². The number of pyridine rings is 1. The highest BCUT2D eigenvalue weighted by atomic mass is 32.2. The molecule has 0 bridgehead atoms. The van der Waals surface area contributed by atoms with Gasteiger partial charge in [0.15, 0.2) is 0 Å². The fraction of sp³-hybridized carbons (Fsp3) is 0. The summed E-state index contributed by atoms with van der Waals surface area (Å²) < 4.78 is 26.0. The lowest BCUT2D eigenvalue weighted by molar-refractivity contribution is 0.473. The molecule has 0 amide bonds. The van der Waals surface area contributed by atoms with E-state index in [0.717, 1.165) is 0 Å². The van der Waals surface area contributed by atoms with Crippen LogP contribution in [0.1, 0.15) is 0 Å². The van der Waals surface area contributed by atoms with Crippen molar-refractivity contribution in [2.24, 2.45) is 0 Å². The summed E-state index contributed by atoms with van der Waals surface area (Å²) in [5, 5.41) is 9.03. The van der Waals surface area contributed by atoms with Crippen LogP contribution in [-0.2, 0) is 10.0 Å². The van der Waals surface area contributed by atoms with Gasteiger partial charge in [0, 0.05) is 12.3 Å². The van der Waals surface area contributed by atoms with Crippen LogP contribution in [0.2, 0.25) is 0 Å². The van der Waals surface area contributed by atoms with E-state index in [1.54, 1.807) is 18.2 Å². The largest absolute Gasteiger partial charge is 0.507 e. The topological polar surface area (TPSA) is 79.3 Å². The average Bonchev–Trinajstić information content (AvgIpc) is 2.30. The Morgan fingerprint density at radius 1 is 1.24 bits per heavy atom. The van der Waals surface area contributed by atoms with Gasteiger partial charge in [-0.2, -0.15) is 0 Å². The number of nitrogens with one attached hydrogen (secondary N) is 1. The normalized spacial score (nSPS) is 11.1. The van der Waals surface area contributed by atoms with E-state index in [9.17, 15) is 8.42 Å². The second-order valence-electron chi connectivity index (χ2n) is 3.23. The summed E-state index contributed by atoms with van der Waals surface area (Å²) in [7, 11) is -3.68. The van der Waals surface area contributed by atoms with Gasteiger partial charge in [-0.1, -0.05) is 6.07 Å². The molecule has 2 rings (SSSR count). The fourth-order valence-electron chi connectivity index (χ4n) is 1.19. The van der Waals surface area contributed by atoms with Gasteiger partial charge >= 0.3 is 0 Å². The fourth-order valence-corrected chi connectivity index (χ4v) is 2.16. The summed E-state index contributed by atoms with van der Waals surface area (Å²) in [6, 6.07) is 11.1. The van der Waals surface area contributed by atoms with E-state index < -0.39 is 10.0 Å². The summed E-state index contributed by atoms with van der Waals surface area (Å²) in [6.45, 7) is 0. The first-order valence-electron chi connectivity index (χ1n) is 4.72. The van der Waals surface area contributed by atoms with Crippen molar-refractivity contribution in [1.82, 2.24) is 4.98 Å². The molecule has 2 aromatic rings. The van der Waals surface area contributed by atoms with E-state index in [-0.39, 0.29) is 16.5 Å². The van der Waals surface area contributed by atoms with Crippen LogP contribution in [0.5, 0.6) is 5.75 Å². The lowest BCUT2D eigenvalue weighted by atomic mass is 10.3. The summed E-state index contributed by atoms with van der Waals surface area (Å²) in [5.74, 6) is 0.127. The van der Waals surface area contributed by atoms with Crippen molar-refractivity contribution in [2.45, 2.75) is 4.90 Å². The van der Waals surface area contributed by atoms with Crippen LogP contribution in [0.15, 0.2) is 47.5 Å². The van der Waals surface area contributed by atoms with E-state index in [4.69, 9.17) is 5.11 Å². The van der Waals surface area contributed by atoms with Crippen LogP contribution in [0.25, 0.3) is 0 Å². The minimum atomic E-state index is -3.68. The molecule has 0 aliphatic carbocycles. The third kappa shape index (κ3) is 2.73. The Morgan fingerprint density at radius 2 is 2.06 bits per heavy atom. The molecule has 1 aromatic heterocycles. The van der Waals surface area contributed by atoms with E-state index in [2.05, 4.69) is 15.8 Å². The highest BCUT2D eigenvalue weighted by Gasteiger charge is 2.14. The zero-order valence-electron chi connectivity index (χ0n) is 8.66. The zero-order chi connectivity index (χ0) is 12.3. The molecule has 0 aliphatic rings. The number of aromatic hydroxyl groups is 1. The number of rotatable bonds is 3. The Morgan fingerprint density at radius 3 is 2.65 bits per heavy atom. The van der Waals surface area contributed by atoms with Crippen molar-refractivity contribution >= 4 is 15.8 Å². The minimum absolute atomic E-state index is 0.0148. The van der Waals surface area contributed by atoms with Crippen LogP contribution in [-0.4, -0.2) is 18.5 Å². The Bertz CT molecular complexity index is 594. The van der Waals surface area contributed by atoms with E-state index >= 15 is 0 Å². The molecule has 1 radical (unpaired) electrons. The molecule has 0 atom stereocenters. The van der Waals surface area contributed by atoms with Gasteiger partial charge in [-0.25, -0.2) is 13.4 Å². The summed E-state index contributed by atoms with van der Waals surface area (Å²) in [5.41, 5.74) is 0. The SMILES string of the molecule is O=S(=O)(Nc1ccccn1)c1c[c]c(O)cc1. The molecule has 17 heavy (non-hydrogen) atoms. The van der Waals surface area contributed by atoms with Crippen molar-refractivity contribution < 1.29 is 13.5 Å². The maximum atomic E-state index is 11.9. The molecule has 0 saturated carbocycles. The number of sulfonamides is 1. The standard InChI is InChI=1S/C11H9N2O3S/c14-9-4-6-10(7-5-9)17(15,16)13-11-3-1-2-8-12-11/h1-4,6-8,14H,(H,12,13). The van der Waals surface area contributed by atoms with Gasteiger partial charge < -0.3 is 5.11 Å². The van der Waals surface area contributed by atoms with Gasteiger partial charge in [-0.05, 0) is 30.3 Å². The first kappa shape index (κ1) is 11.4. The van der Waals surface area contributed by atoms with Crippen molar-refractivity contribution in [3.8, 4) is 5.75 Å². The number of phenols is 1. The number of phenolic OH excluding ortho intramolecular Hbond substituents is 1. The molecule has 0 saturated heterocycles. The summed E-state index contributed by atoms with van der Waals surface area (Å²) >= 11 is 0. The summed E-state index contributed by atoms with van der Waals surface area (Å²) in [6.07, 6.45) is 1.49. The molecule has 1 heterocycles. The number of hydrogen-bond acceptors (Lipinski definition) is 4. The van der Waals surface area contributed by atoms with Gasteiger partial charge in [0.25, 0.3) is 10.0 Å². The molecule has 0 unspecified atom stereocenters. The Kier molecular flexibility index (Phi) is 2.97. The molecular weight excluding hydrogens is 240 g/mol. The number of aromatic nitrogens is 1. The van der Waals surface area contributed by atoms with Gasteiger partial charge in [-0.3, -0.25) is 4.72 Å². The predicted molar refractivity (Wildman–Crippen MR) is 62.0 cm³/mol. The summed E-state index contributed by atoms with van der Waals surface area (Å²) in [4.78, 5) is 3.87. The monoisotopic (exact) mass is 249 g/mol. The van der Waals surface area contributed by atoms with Crippen LogP contribution in [0, 0.1) is 6.07 Å². The van der Waals surface area contributed by atoms with Crippen molar-refractivity contribution in [3.63, 3.8) is 0 Å². The highest BCUT2D eigenvalue weighted by molar-refractivity contribution is 7.92. The molecule has 6 heteroatoms. The lowest BCUT2D eigenvalue weighted by Crippen LogP contribution is -2.13. The molecule has 2 N–H and O–H groups in total. The van der Waals surface area contributed by atoms with Crippen LogP contribution in [0.4, 0.5) is 5.82 Å². The first-order valence-corrected chi connectivity index (χ1v) is 6.21. The zero-order valence-corrected chi connectivity index (χ0v) is 9.48. The van der Waals surface area contributed by atoms with Gasteiger partial charge in [0.1, 0.15) is 11.6 Å². The maximum absolute atomic E-state index is 11.9. The van der Waals surface area contributed by atoms with Crippen molar-refractivity contribution in [3.05, 3.63) is 48.7 Å². The predicted octanol–water partition coefficient (Wildman–Crippen LogP) is 1.39. The average molecular weight is 249 g/mol. The second-order valence-corrected chi connectivity index (χ2v) is 4.91. The van der Waals surface area contributed by atoms with E-state index in [0.29, 0.717) is 0 Å². The van der Waals surface area contributed by atoms with Crippen LogP contribution in [0.3, 0.4) is 0 Å². The highest BCUT2D eigenvalue weighted by Crippen LogP contribution is 2.16. The van der Waals surface area contributed by atoms with E-state index in [1.165, 1.54) is 24.4 Å². The molecule has 87 valence electrons. The van der Waals surface area contributed by atoms with Gasteiger partial charge in [0.05, 0.1) is 4.90 Å². The molecule has 1 aromatic carbocycles. The Balaban J connectivity index is 2.29. The number of anilines is 1. The van der Waals surface area contributed by atoms with Crippen molar-refractivity contribution in [1.29, 1.82) is 0 Å². The quantitative estimate of drug-likeness (QED) is 0.861. The van der Waals surface area contributed by atoms with Crippen LogP contribution >= 0.6 is 0 Å². The maximum Gasteiger partial charge on any atom is 0.263 e. The molecular formula is C11H9N2O3S. The third-order valence-electron chi connectivity index (χ3n) is 1.98. The Labute approximate surface area is 98.8 Å². The number of hydrogen-bond donors (Lipinski definition) is 2. The second kappa shape index (κ2) is 4.42. The van der Waals surface area contributed by atoms with Gasteiger partial charge in [-0.15, -0.1) is 0 Å². The van der Waals surface area contributed by atoms with Gasteiger partial charge in [0.2, 0.25) is 0 Å². The molecule has 0 fully saturated rings. The lowest BCUT2D eigenvalue weighted by Gasteiger charge is -2.06. The minimum Gasteiger partial charge on any atom is -0.507 e. The smallest absolute Gasteiger partial charge is 0.263 e. The van der Waals surface area contributed by atoms with E-state index in [1.807, 2.05) is 0 Å². The third-order valence-corrected chi connectivity index (χ3v) is 3.33. The van der Waals surface area contributed by atoms with Crippen molar-refractivity contribution in [2.75, 3.05) is 4.72 Å².